The van der Waals surface area contributed by atoms with Crippen LogP contribution in [0, 0.1) is 12.7 Å². The lowest BCUT2D eigenvalue weighted by Crippen LogP contribution is -2.09. The smallest absolute Gasteiger partial charge is 0.279 e. The molecule has 3 aromatic rings. The van der Waals surface area contributed by atoms with E-state index in [4.69, 9.17) is 0 Å². The number of fused-ring (bicyclic) bond motifs is 1. The van der Waals surface area contributed by atoms with Gasteiger partial charge in [0.25, 0.3) is 5.56 Å². The van der Waals surface area contributed by atoms with Crippen LogP contribution in [0.2, 0.25) is 0 Å². The van der Waals surface area contributed by atoms with Crippen molar-refractivity contribution >= 4 is 11.0 Å². The van der Waals surface area contributed by atoms with Gasteiger partial charge in [-0.15, -0.1) is 0 Å². The van der Waals surface area contributed by atoms with Crippen molar-refractivity contribution in [3.05, 3.63) is 52.5 Å². The van der Waals surface area contributed by atoms with E-state index in [-0.39, 0.29) is 16.8 Å². The fraction of sp³-hybridized carbons (Fsp3) is 0.0833. The molecule has 18 heavy (non-hydrogen) atoms. The van der Waals surface area contributed by atoms with Crippen molar-refractivity contribution in [1.82, 2.24) is 19.7 Å². The normalized spacial score (nSPS) is 11.0. The highest BCUT2D eigenvalue weighted by atomic mass is 19.1. The van der Waals surface area contributed by atoms with Gasteiger partial charge in [-0.25, -0.2) is 14.1 Å². The zero-order valence-electron chi connectivity index (χ0n) is 9.51. The number of benzene rings is 1. The number of hydrogen-bond donors (Lipinski definition) is 1. The maximum atomic E-state index is 13.6. The van der Waals surface area contributed by atoms with Crippen LogP contribution in [0.4, 0.5) is 4.39 Å². The molecule has 0 bridgehead atoms. The monoisotopic (exact) mass is 244 g/mol. The minimum Gasteiger partial charge on any atom is -0.309 e. The molecule has 1 N–H and O–H groups in total. The van der Waals surface area contributed by atoms with E-state index in [2.05, 4.69) is 15.1 Å². The van der Waals surface area contributed by atoms with E-state index < -0.39 is 5.82 Å². The van der Waals surface area contributed by atoms with Crippen LogP contribution in [0.1, 0.15) is 5.82 Å². The standard InChI is InChI=1S/C12H9FN4O/c1-7-14-9-6-17(16-11(9)12(18)15-7)10-5-3-2-4-8(10)13/h2-6H,1H3,(H,14,15,18). The van der Waals surface area contributed by atoms with E-state index in [1.165, 1.54) is 16.9 Å². The Bertz CT molecular complexity index is 790. The average molecular weight is 244 g/mol. The van der Waals surface area contributed by atoms with Crippen molar-refractivity contribution in [3.63, 3.8) is 0 Å². The lowest BCUT2D eigenvalue weighted by molar-refractivity contribution is 0.611. The lowest BCUT2D eigenvalue weighted by Gasteiger charge is -2.00. The van der Waals surface area contributed by atoms with Crippen LogP contribution in [0.25, 0.3) is 16.7 Å². The molecule has 0 saturated carbocycles. The Morgan fingerprint density at radius 2 is 2.11 bits per heavy atom. The first-order valence-electron chi connectivity index (χ1n) is 5.36. The minimum absolute atomic E-state index is 0.198. The first kappa shape index (κ1) is 10.6. The van der Waals surface area contributed by atoms with Gasteiger partial charge in [0, 0.05) is 0 Å². The van der Waals surface area contributed by atoms with Gasteiger partial charge >= 0.3 is 0 Å². The second kappa shape index (κ2) is 3.76. The number of aromatic nitrogens is 4. The zero-order valence-corrected chi connectivity index (χ0v) is 9.51. The molecule has 0 atom stereocenters. The number of para-hydroxylation sites is 1. The molecule has 0 aliphatic carbocycles. The predicted molar refractivity (Wildman–Crippen MR) is 64.2 cm³/mol. The third kappa shape index (κ3) is 1.58. The van der Waals surface area contributed by atoms with Crippen molar-refractivity contribution in [1.29, 1.82) is 0 Å². The second-order valence-electron chi connectivity index (χ2n) is 3.91. The summed E-state index contributed by atoms with van der Waals surface area (Å²) in [6.45, 7) is 1.68. The van der Waals surface area contributed by atoms with Crippen LogP contribution in [-0.2, 0) is 0 Å². The van der Waals surface area contributed by atoms with E-state index in [1.807, 2.05) is 0 Å². The highest BCUT2D eigenvalue weighted by Gasteiger charge is 2.10. The van der Waals surface area contributed by atoms with Gasteiger partial charge in [-0.1, -0.05) is 12.1 Å². The SMILES string of the molecule is Cc1nc2cn(-c3ccccc3F)nc2c(=O)[nH]1. The first-order chi connectivity index (χ1) is 8.65. The van der Waals surface area contributed by atoms with Crippen molar-refractivity contribution in [2.24, 2.45) is 0 Å². The fourth-order valence-electron chi connectivity index (χ4n) is 1.80. The van der Waals surface area contributed by atoms with E-state index in [9.17, 15) is 9.18 Å². The van der Waals surface area contributed by atoms with Crippen molar-refractivity contribution in [2.75, 3.05) is 0 Å². The molecular formula is C12H9FN4O. The van der Waals surface area contributed by atoms with Crippen LogP contribution >= 0.6 is 0 Å². The molecule has 0 saturated heterocycles. The molecule has 0 aliphatic rings. The molecule has 2 aromatic heterocycles. The second-order valence-corrected chi connectivity index (χ2v) is 3.91. The Kier molecular flexibility index (Phi) is 2.22. The Balaban J connectivity index is 2.30. The predicted octanol–water partition coefficient (Wildman–Crippen LogP) is 1.56. The van der Waals surface area contributed by atoms with Gasteiger partial charge in [-0.3, -0.25) is 4.79 Å². The summed E-state index contributed by atoms with van der Waals surface area (Å²) in [6.07, 6.45) is 1.54. The number of rotatable bonds is 1. The quantitative estimate of drug-likeness (QED) is 0.706. The summed E-state index contributed by atoms with van der Waals surface area (Å²) in [5.74, 6) is 0.0963. The van der Waals surface area contributed by atoms with Gasteiger partial charge in [0.15, 0.2) is 5.52 Å². The maximum absolute atomic E-state index is 13.6. The van der Waals surface area contributed by atoms with E-state index in [1.54, 1.807) is 25.1 Å². The number of H-pyrrole nitrogens is 1. The molecular weight excluding hydrogens is 235 g/mol. The lowest BCUT2D eigenvalue weighted by atomic mass is 10.3. The maximum Gasteiger partial charge on any atom is 0.279 e. The number of hydrogen-bond acceptors (Lipinski definition) is 3. The van der Waals surface area contributed by atoms with Crippen LogP contribution in [0.15, 0.2) is 35.3 Å². The highest BCUT2D eigenvalue weighted by Crippen LogP contribution is 2.14. The third-order valence-electron chi connectivity index (χ3n) is 2.59. The largest absolute Gasteiger partial charge is 0.309 e. The summed E-state index contributed by atoms with van der Waals surface area (Å²) in [6, 6.07) is 6.22. The van der Waals surface area contributed by atoms with Gasteiger partial charge in [-0.2, -0.15) is 5.10 Å². The Labute approximate surface area is 101 Å². The van der Waals surface area contributed by atoms with Gasteiger partial charge in [-0.05, 0) is 19.1 Å². The van der Waals surface area contributed by atoms with Gasteiger partial charge in [0.1, 0.15) is 22.8 Å². The van der Waals surface area contributed by atoms with Crippen LogP contribution in [0.5, 0.6) is 0 Å². The fourth-order valence-corrected chi connectivity index (χ4v) is 1.80. The molecule has 1 aromatic carbocycles. The van der Waals surface area contributed by atoms with Gasteiger partial charge in [0.05, 0.1) is 6.20 Å². The Hall–Kier alpha value is -2.50. The molecule has 2 heterocycles. The van der Waals surface area contributed by atoms with Crippen molar-refractivity contribution in [2.45, 2.75) is 6.92 Å². The van der Waals surface area contributed by atoms with E-state index in [0.29, 0.717) is 11.3 Å². The summed E-state index contributed by atoms with van der Waals surface area (Å²) in [4.78, 5) is 18.4. The molecule has 0 amide bonds. The zero-order chi connectivity index (χ0) is 12.7. The molecule has 6 heteroatoms. The van der Waals surface area contributed by atoms with Crippen LogP contribution in [0.3, 0.4) is 0 Å². The number of aromatic amines is 1. The first-order valence-corrected chi connectivity index (χ1v) is 5.36. The van der Waals surface area contributed by atoms with Gasteiger partial charge < -0.3 is 4.98 Å². The molecule has 0 radical (unpaired) electrons. The summed E-state index contributed by atoms with van der Waals surface area (Å²) in [5, 5.41) is 4.05. The van der Waals surface area contributed by atoms with Crippen LogP contribution in [-0.4, -0.2) is 19.7 Å². The Morgan fingerprint density at radius 3 is 2.89 bits per heavy atom. The van der Waals surface area contributed by atoms with Crippen LogP contribution < -0.4 is 5.56 Å². The van der Waals surface area contributed by atoms with Crippen molar-refractivity contribution in [3.8, 4) is 5.69 Å². The molecule has 90 valence electrons. The summed E-state index contributed by atoms with van der Waals surface area (Å²) >= 11 is 0. The topological polar surface area (TPSA) is 63.6 Å². The number of aryl methyl sites for hydroxylation is 1. The Morgan fingerprint density at radius 1 is 1.33 bits per heavy atom. The summed E-state index contributed by atoms with van der Waals surface area (Å²) < 4.78 is 14.9. The molecule has 0 unspecified atom stereocenters. The number of nitrogens with one attached hydrogen (secondary N) is 1. The van der Waals surface area contributed by atoms with E-state index in [0.717, 1.165) is 0 Å². The number of halogens is 1. The molecule has 5 nitrogen and oxygen atoms in total. The van der Waals surface area contributed by atoms with Crippen molar-refractivity contribution < 1.29 is 4.39 Å². The summed E-state index contributed by atoms with van der Waals surface area (Å²) in [7, 11) is 0. The highest BCUT2D eigenvalue weighted by molar-refractivity contribution is 5.72. The van der Waals surface area contributed by atoms with Gasteiger partial charge in [0.2, 0.25) is 0 Å². The minimum atomic E-state index is -0.404. The van der Waals surface area contributed by atoms with E-state index >= 15 is 0 Å². The molecule has 0 spiro atoms. The number of nitrogens with zero attached hydrogens (tertiary/aromatic N) is 3. The average Bonchev–Trinajstić information content (AvgIpc) is 2.73. The molecule has 3 rings (SSSR count). The summed E-state index contributed by atoms with van der Waals surface area (Å²) in [5.41, 5.74) is 0.600. The molecule has 0 fully saturated rings. The third-order valence-corrected chi connectivity index (χ3v) is 2.59. The molecule has 0 aliphatic heterocycles.